The normalized spacial score (nSPS) is 11.4. The number of hydrogen-bond acceptors (Lipinski definition) is 6. The molecular formula is C16H17N5O3S. The van der Waals surface area contributed by atoms with Crippen molar-refractivity contribution in [3.8, 4) is 5.69 Å². The van der Waals surface area contributed by atoms with Gasteiger partial charge >= 0.3 is 0 Å². The molecule has 130 valence electrons. The summed E-state index contributed by atoms with van der Waals surface area (Å²) >= 11 is 0. The number of aromatic nitrogens is 4. The third-order valence-electron chi connectivity index (χ3n) is 3.46. The molecule has 0 radical (unpaired) electrons. The third kappa shape index (κ3) is 4.01. The minimum atomic E-state index is -3.76. The van der Waals surface area contributed by atoms with Crippen LogP contribution in [0.5, 0.6) is 0 Å². The fourth-order valence-electron chi connectivity index (χ4n) is 2.23. The number of nitrogens with zero attached hydrogens (tertiary/aromatic N) is 4. The predicted octanol–water partition coefficient (Wildman–Crippen LogP) is 2.00. The van der Waals surface area contributed by atoms with Crippen LogP contribution in [-0.4, -0.2) is 35.2 Å². The molecule has 0 fully saturated rings. The molecule has 0 aliphatic heterocycles. The van der Waals surface area contributed by atoms with Crippen LogP contribution in [0.4, 0.5) is 5.69 Å². The van der Waals surface area contributed by atoms with Crippen molar-refractivity contribution in [2.45, 2.75) is 18.4 Å². The van der Waals surface area contributed by atoms with E-state index in [0.717, 1.165) is 5.56 Å². The van der Waals surface area contributed by atoms with Crippen molar-refractivity contribution < 1.29 is 13.2 Å². The average molecular weight is 359 g/mol. The molecular weight excluding hydrogens is 342 g/mol. The molecule has 3 rings (SSSR count). The van der Waals surface area contributed by atoms with Crippen molar-refractivity contribution in [3.05, 3.63) is 60.4 Å². The zero-order chi connectivity index (χ0) is 17.7. The Balaban J connectivity index is 1.89. The van der Waals surface area contributed by atoms with E-state index in [-0.39, 0.29) is 4.90 Å². The molecule has 0 aliphatic rings. The highest BCUT2D eigenvalue weighted by molar-refractivity contribution is 7.92. The largest absolute Gasteiger partial charge is 0.377 e. The van der Waals surface area contributed by atoms with E-state index in [4.69, 9.17) is 4.74 Å². The van der Waals surface area contributed by atoms with Crippen LogP contribution in [0.1, 0.15) is 12.5 Å². The van der Waals surface area contributed by atoms with Gasteiger partial charge in [-0.05, 0) is 41.6 Å². The zero-order valence-electron chi connectivity index (χ0n) is 13.5. The Kier molecular flexibility index (Phi) is 5.05. The molecule has 25 heavy (non-hydrogen) atoms. The number of sulfonamides is 1. The van der Waals surface area contributed by atoms with Crippen molar-refractivity contribution in [2.75, 3.05) is 11.3 Å². The minimum Gasteiger partial charge on any atom is -0.377 e. The molecule has 0 saturated carbocycles. The number of ether oxygens (including phenoxy) is 1. The van der Waals surface area contributed by atoms with Gasteiger partial charge in [-0.1, -0.05) is 24.3 Å². The second-order valence-electron chi connectivity index (χ2n) is 5.15. The Bertz CT molecular complexity index is 942. The maximum atomic E-state index is 12.7. The second-order valence-corrected chi connectivity index (χ2v) is 6.83. The Morgan fingerprint density at radius 1 is 1.16 bits per heavy atom. The molecule has 0 atom stereocenters. The van der Waals surface area contributed by atoms with Crippen molar-refractivity contribution >= 4 is 15.7 Å². The topological polar surface area (TPSA) is 99.0 Å². The molecule has 0 bridgehead atoms. The number of hydrogen-bond donors (Lipinski definition) is 1. The van der Waals surface area contributed by atoms with E-state index < -0.39 is 10.0 Å². The second kappa shape index (κ2) is 7.41. The number of para-hydroxylation sites is 1. The smallest absolute Gasteiger partial charge is 0.261 e. The van der Waals surface area contributed by atoms with Crippen LogP contribution in [0, 0.1) is 0 Å². The molecule has 0 aliphatic carbocycles. The number of tetrazole rings is 1. The SMILES string of the molecule is CCOCc1ccccc1NS(=O)(=O)c1cccc(-n2cnnn2)c1. The molecule has 0 spiro atoms. The van der Waals surface area contributed by atoms with Crippen molar-refractivity contribution in [1.82, 2.24) is 20.2 Å². The number of anilines is 1. The first-order chi connectivity index (χ1) is 12.1. The lowest BCUT2D eigenvalue weighted by Gasteiger charge is -2.13. The van der Waals surface area contributed by atoms with Gasteiger partial charge in [-0.25, -0.2) is 13.1 Å². The van der Waals surface area contributed by atoms with E-state index in [1.807, 2.05) is 19.1 Å². The molecule has 0 saturated heterocycles. The Hall–Kier alpha value is -2.78. The molecule has 0 unspecified atom stereocenters. The summed E-state index contributed by atoms with van der Waals surface area (Å²) < 4.78 is 34.9. The highest BCUT2D eigenvalue weighted by Gasteiger charge is 2.17. The Morgan fingerprint density at radius 3 is 2.76 bits per heavy atom. The first-order valence-corrected chi connectivity index (χ1v) is 9.10. The summed E-state index contributed by atoms with van der Waals surface area (Å²) in [5.74, 6) is 0. The van der Waals surface area contributed by atoms with Crippen LogP contribution in [0.25, 0.3) is 5.69 Å². The Morgan fingerprint density at radius 2 is 2.00 bits per heavy atom. The maximum Gasteiger partial charge on any atom is 0.261 e. The maximum absolute atomic E-state index is 12.7. The molecule has 3 aromatic rings. The third-order valence-corrected chi connectivity index (χ3v) is 4.83. The summed E-state index contributed by atoms with van der Waals surface area (Å²) in [6.07, 6.45) is 1.40. The van der Waals surface area contributed by atoms with Gasteiger partial charge in [-0.15, -0.1) is 5.10 Å². The van der Waals surface area contributed by atoms with Crippen molar-refractivity contribution in [1.29, 1.82) is 0 Å². The minimum absolute atomic E-state index is 0.117. The summed E-state index contributed by atoms with van der Waals surface area (Å²) in [5.41, 5.74) is 1.81. The van der Waals surface area contributed by atoms with Gasteiger partial charge in [0.25, 0.3) is 10.0 Å². The average Bonchev–Trinajstić information content (AvgIpc) is 3.15. The zero-order valence-corrected chi connectivity index (χ0v) is 14.3. The lowest BCUT2D eigenvalue weighted by Crippen LogP contribution is -2.15. The summed E-state index contributed by atoms with van der Waals surface area (Å²) in [4.78, 5) is 0.117. The van der Waals surface area contributed by atoms with Crippen LogP contribution >= 0.6 is 0 Å². The summed E-state index contributed by atoms with van der Waals surface area (Å²) in [6, 6.07) is 13.5. The van der Waals surface area contributed by atoms with E-state index in [1.54, 1.807) is 24.3 Å². The van der Waals surface area contributed by atoms with Crippen LogP contribution in [0.3, 0.4) is 0 Å². The van der Waals surface area contributed by atoms with Gasteiger partial charge in [0.15, 0.2) is 0 Å². The monoisotopic (exact) mass is 359 g/mol. The van der Waals surface area contributed by atoms with Gasteiger partial charge in [-0.2, -0.15) is 0 Å². The fourth-order valence-corrected chi connectivity index (χ4v) is 3.37. The number of benzene rings is 2. The van der Waals surface area contributed by atoms with Crippen molar-refractivity contribution in [2.24, 2.45) is 0 Å². The van der Waals surface area contributed by atoms with Gasteiger partial charge < -0.3 is 4.74 Å². The molecule has 9 heteroatoms. The van der Waals surface area contributed by atoms with Gasteiger partial charge in [-0.3, -0.25) is 4.72 Å². The van der Waals surface area contributed by atoms with Gasteiger partial charge in [0.05, 0.1) is 22.9 Å². The molecule has 2 aromatic carbocycles. The van der Waals surface area contributed by atoms with Crippen LogP contribution < -0.4 is 4.72 Å². The first kappa shape index (κ1) is 17.1. The van der Waals surface area contributed by atoms with Crippen molar-refractivity contribution in [3.63, 3.8) is 0 Å². The standard InChI is InChI=1S/C16H17N5O3S/c1-2-24-11-13-6-3-4-9-16(13)18-25(22,23)15-8-5-7-14(10-15)21-12-17-19-20-21/h3-10,12,18H,2,11H2,1H3. The van der Waals surface area contributed by atoms with Gasteiger partial charge in [0.1, 0.15) is 6.33 Å². The van der Waals surface area contributed by atoms with E-state index >= 15 is 0 Å². The lowest BCUT2D eigenvalue weighted by atomic mass is 10.2. The van der Waals surface area contributed by atoms with Gasteiger partial charge in [0.2, 0.25) is 0 Å². The molecule has 1 aromatic heterocycles. The highest BCUT2D eigenvalue weighted by Crippen LogP contribution is 2.22. The lowest BCUT2D eigenvalue weighted by molar-refractivity contribution is 0.134. The number of nitrogens with one attached hydrogen (secondary N) is 1. The highest BCUT2D eigenvalue weighted by atomic mass is 32.2. The van der Waals surface area contributed by atoms with E-state index in [1.165, 1.54) is 23.1 Å². The summed E-state index contributed by atoms with van der Waals surface area (Å²) in [6.45, 7) is 2.77. The predicted molar refractivity (Wildman–Crippen MR) is 91.7 cm³/mol. The van der Waals surface area contributed by atoms with E-state index in [0.29, 0.717) is 24.6 Å². The molecule has 0 amide bonds. The quantitative estimate of drug-likeness (QED) is 0.693. The summed E-state index contributed by atoms with van der Waals surface area (Å²) in [7, 11) is -3.76. The van der Waals surface area contributed by atoms with Gasteiger partial charge in [0, 0.05) is 12.2 Å². The van der Waals surface area contributed by atoms with Crippen LogP contribution in [0.2, 0.25) is 0 Å². The van der Waals surface area contributed by atoms with Crippen LogP contribution in [0.15, 0.2) is 59.8 Å². The number of rotatable bonds is 7. The first-order valence-electron chi connectivity index (χ1n) is 7.62. The molecule has 8 nitrogen and oxygen atoms in total. The molecule has 1 heterocycles. The van der Waals surface area contributed by atoms with Crippen LogP contribution in [-0.2, 0) is 21.4 Å². The van der Waals surface area contributed by atoms with E-state index in [9.17, 15) is 8.42 Å². The fraction of sp³-hybridized carbons (Fsp3) is 0.188. The summed E-state index contributed by atoms with van der Waals surface area (Å²) in [5, 5.41) is 10.9. The van der Waals surface area contributed by atoms with E-state index in [2.05, 4.69) is 20.2 Å². The Labute approximate surface area is 145 Å². The molecule has 1 N–H and O–H groups in total.